The summed E-state index contributed by atoms with van der Waals surface area (Å²) < 4.78 is 4.01. The third-order valence-electron chi connectivity index (χ3n) is 1.18. The SMILES string of the molecule is C/C=C/[C@](C)(S)C(=O)OCC. The highest BCUT2D eigenvalue weighted by molar-refractivity contribution is 7.82. The molecule has 0 fully saturated rings. The molecule has 0 aliphatic carbocycles. The predicted molar refractivity (Wildman–Crippen MR) is 48.8 cm³/mol. The number of esters is 1. The smallest absolute Gasteiger partial charge is 0.325 e. The lowest BCUT2D eigenvalue weighted by atomic mass is 10.1. The summed E-state index contributed by atoms with van der Waals surface area (Å²) in [5, 5.41) is 0. The zero-order valence-corrected chi connectivity index (χ0v) is 8.02. The normalized spacial score (nSPS) is 16.4. The summed E-state index contributed by atoms with van der Waals surface area (Å²) >= 11 is 4.13. The lowest BCUT2D eigenvalue weighted by Gasteiger charge is -2.16. The molecule has 0 N–H and O–H groups in total. The van der Waals surface area contributed by atoms with E-state index in [-0.39, 0.29) is 5.97 Å². The van der Waals surface area contributed by atoms with Gasteiger partial charge in [0.15, 0.2) is 0 Å². The molecule has 1 atom stereocenters. The van der Waals surface area contributed by atoms with E-state index < -0.39 is 4.75 Å². The Balaban J connectivity index is 4.17. The number of ether oxygens (including phenoxy) is 1. The van der Waals surface area contributed by atoms with Crippen LogP contribution in [0.2, 0.25) is 0 Å². The van der Waals surface area contributed by atoms with Crippen molar-refractivity contribution in [3.8, 4) is 0 Å². The molecular formula is C8H14O2S. The molecule has 0 rings (SSSR count). The van der Waals surface area contributed by atoms with Gasteiger partial charge in [-0.05, 0) is 20.8 Å². The second kappa shape index (κ2) is 4.44. The van der Waals surface area contributed by atoms with E-state index in [1.165, 1.54) is 0 Å². The van der Waals surface area contributed by atoms with Gasteiger partial charge in [0.25, 0.3) is 0 Å². The van der Waals surface area contributed by atoms with E-state index in [4.69, 9.17) is 4.74 Å². The van der Waals surface area contributed by atoms with Crippen LogP contribution in [0, 0.1) is 0 Å². The first-order valence-electron chi connectivity index (χ1n) is 3.58. The van der Waals surface area contributed by atoms with Gasteiger partial charge >= 0.3 is 5.97 Å². The molecule has 2 nitrogen and oxygen atoms in total. The van der Waals surface area contributed by atoms with Crippen molar-refractivity contribution in [1.82, 2.24) is 0 Å². The standard InChI is InChI=1S/C8H14O2S/c1-4-6-8(3,11)7(9)10-5-2/h4,6,11H,5H2,1-3H3/b6-4+/t8-/m0/s1. The molecule has 0 amide bonds. The van der Waals surface area contributed by atoms with Gasteiger partial charge in [0, 0.05) is 0 Å². The Morgan fingerprint density at radius 2 is 2.27 bits per heavy atom. The summed E-state index contributed by atoms with van der Waals surface area (Å²) in [6.07, 6.45) is 3.48. The summed E-state index contributed by atoms with van der Waals surface area (Å²) in [4.78, 5) is 11.1. The maximum absolute atomic E-state index is 11.1. The highest BCUT2D eigenvalue weighted by Crippen LogP contribution is 2.17. The van der Waals surface area contributed by atoms with Crippen LogP contribution in [0.1, 0.15) is 20.8 Å². The van der Waals surface area contributed by atoms with Gasteiger partial charge < -0.3 is 4.74 Å². The van der Waals surface area contributed by atoms with Gasteiger partial charge in [-0.1, -0.05) is 12.2 Å². The summed E-state index contributed by atoms with van der Waals surface area (Å²) in [7, 11) is 0. The molecule has 0 unspecified atom stereocenters. The largest absolute Gasteiger partial charge is 0.465 e. The number of hydrogen-bond donors (Lipinski definition) is 1. The average Bonchev–Trinajstić information content (AvgIpc) is 1.88. The maximum Gasteiger partial charge on any atom is 0.325 e. The molecule has 0 aromatic carbocycles. The van der Waals surface area contributed by atoms with Crippen LogP contribution in [0.15, 0.2) is 12.2 Å². The van der Waals surface area contributed by atoms with Crippen molar-refractivity contribution in [2.75, 3.05) is 6.61 Å². The first-order valence-corrected chi connectivity index (χ1v) is 4.02. The zero-order valence-electron chi connectivity index (χ0n) is 7.13. The van der Waals surface area contributed by atoms with Crippen LogP contribution in [0.5, 0.6) is 0 Å². The lowest BCUT2D eigenvalue weighted by Crippen LogP contribution is -2.28. The molecular weight excluding hydrogens is 160 g/mol. The quantitative estimate of drug-likeness (QED) is 0.401. The molecule has 0 spiro atoms. The third-order valence-corrected chi connectivity index (χ3v) is 1.51. The van der Waals surface area contributed by atoms with Gasteiger partial charge in [0.05, 0.1) is 6.61 Å². The number of carbonyl (C=O) groups is 1. The highest BCUT2D eigenvalue weighted by atomic mass is 32.1. The van der Waals surface area contributed by atoms with Gasteiger partial charge in [0.1, 0.15) is 4.75 Å². The van der Waals surface area contributed by atoms with Crippen molar-refractivity contribution in [3.05, 3.63) is 12.2 Å². The van der Waals surface area contributed by atoms with Crippen LogP contribution in [0.25, 0.3) is 0 Å². The second-order valence-electron chi connectivity index (χ2n) is 2.37. The van der Waals surface area contributed by atoms with E-state index in [1.54, 1.807) is 26.0 Å². The Morgan fingerprint density at radius 1 is 1.73 bits per heavy atom. The van der Waals surface area contributed by atoms with Crippen LogP contribution in [-0.2, 0) is 9.53 Å². The Labute approximate surface area is 73.0 Å². The van der Waals surface area contributed by atoms with Gasteiger partial charge in [-0.2, -0.15) is 12.6 Å². The fourth-order valence-corrected chi connectivity index (χ4v) is 0.883. The van der Waals surface area contributed by atoms with E-state index in [1.807, 2.05) is 6.92 Å². The Hall–Kier alpha value is -0.440. The molecule has 11 heavy (non-hydrogen) atoms. The van der Waals surface area contributed by atoms with E-state index in [0.29, 0.717) is 6.61 Å². The minimum absolute atomic E-state index is 0.304. The average molecular weight is 174 g/mol. The maximum atomic E-state index is 11.1. The van der Waals surface area contributed by atoms with E-state index in [9.17, 15) is 4.79 Å². The first-order chi connectivity index (χ1) is 5.04. The van der Waals surface area contributed by atoms with Crippen molar-refractivity contribution in [1.29, 1.82) is 0 Å². The molecule has 0 heterocycles. The predicted octanol–water partition coefficient (Wildman–Crippen LogP) is 1.81. The minimum atomic E-state index is -0.787. The van der Waals surface area contributed by atoms with Gasteiger partial charge in [0.2, 0.25) is 0 Å². The number of allylic oxidation sites excluding steroid dienone is 1. The lowest BCUT2D eigenvalue weighted by molar-refractivity contribution is -0.144. The fourth-order valence-electron chi connectivity index (χ4n) is 0.670. The van der Waals surface area contributed by atoms with Crippen molar-refractivity contribution in [3.63, 3.8) is 0 Å². The zero-order chi connectivity index (χ0) is 8.91. The van der Waals surface area contributed by atoms with Crippen LogP contribution in [0.4, 0.5) is 0 Å². The Kier molecular flexibility index (Phi) is 4.26. The topological polar surface area (TPSA) is 26.3 Å². The summed E-state index contributed by atoms with van der Waals surface area (Å²) in [5.41, 5.74) is 0. The minimum Gasteiger partial charge on any atom is -0.465 e. The molecule has 0 radical (unpaired) electrons. The van der Waals surface area contributed by atoms with Crippen LogP contribution in [0.3, 0.4) is 0 Å². The van der Waals surface area contributed by atoms with Crippen LogP contribution < -0.4 is 0 Å². The van der Waals surface area contributed by atoms with Gasteiger partial charge in [-0.25, -0.2) is 0 Å². The molecule has 0 saturated heterocycles. The monoisotopic (exact) mass is 174 g/mol. The summed E-state index contributed by atoms with van der Waals surface area (Å²) in [6.45, 7) is 5.71. The molecule has 64 valence electrons. The number of rotatable bonds is 3. The highest BCUT2D eigenvalue weighted by Gasteiger charge is 2.26. The third kappa shape index (κ3) is 3.46. The summed E-state index contributed by atoms with van der Waals surface area (Å²) in [5.74, 6) is -0.304. The Bertz CT molecular complexity index is 161. The molecule has 3 heteroatoms. The van der Waals surface area contributed by atoms with Crippen molar-refractivity contribution in [2.24, 2.45) is 0 Å². The number of hydrogen-bond acceptors (Lipinski definition) is 3. The van der Waals surface area contributed by atoms with E-state index in [2.05, 4.69) is 12.6 Å². The van der Waals surface area contributed by atoms with Gasteiger partial charge in [-0.3, -0.25) is 4.79 Å². The van der Waals surface area contributed by atoms with Crippen molar-refractivity contribution in [2.45, 2.75) is 25.5 Å². The molecule has 0 aromatic heterocycles. The van der Waals surface area contributed by atoms with Crippen molar-refractivity contribution < 1.29 is 9.53 Å². The second-order valence-corrected chi connectivity index (χ2v) is 3.30. The van der Waals surface area contributed by atoms with Crippen LogP contribution in [-0.4, -0.2) is 17.3 Å². The fraction of sp³-hybridized carbons (Fsp3) is 0.625. The van der Waals surface area contributed by atoms with Crippen LogP contribution >= 0.6 is 12.6 Å². The molecule has 0 bridgehead atoms. The Morgan fingerprint density at radius 3 is 2.64 bits per heavy atom. The molecule has 0 aliphatic heterocycles. The number of thiol groups is 1. The molecule has 0 aliphatic rings. The molecule has 0 aromatic rings. The van der Waals surface area contributed by atoms with E-state index in [0.717, 1.165) is 0 Å². The summed E-state index contributed by atoms with van der Waals surface area (Å²) in [6, 6.07) is 0. The van der Waals surface area contributed by atoms with Gasteiger partial charge in [-0.15, -0.1) is 0 Å². The number of carbonyl (C=O) groups excluding carboxylic acids is 1. The van der Waals surface area contributed by atoms with E-state index >= 15 is 0 Å². The molecule has 0 saturated carbocycles. The van der Waals surface area contributed by atoms with Crippen molar-refractivity contribution >= 4 is 18.6 Å². The first kappa shape index (κ1) is 10.6.